The Morgan fingerprint density at radius 3 is 2.71 bits per heavy atom. The topological polar surface area (TPSA) is 42.0 Å². The van der Waals surface area contributed by atoms with Crippen LogP contribution in [0.3, 0.4) is 0 Å². The van der Waals surface area contributed by atoms with Crippen LogP contribution in [0.15, 0.2) is 48.7 Å². The Morgan fingerprint density at radius 2 is 1.96 bits per heavy atom. The largest absolute Gasteiger partial charge is 0.298 e. The lowest BCUT2D eigenvalue weighted by Crippen LogP contribution is -2.12. The van der Waals surface area contributed by atoms with Crippen molar-refractivity contribution in [3.63, 3.8) is 0 Å². The zero-order valence-corrected chi connectivity index (χ0v) is 15.2. The van der Waals surface area contributed by atoms with Gasteiger partial charge in [-0.25, -0.2) is 4.98 Å². The minimum Gasteiger partial charge on any atom is -0.298 e. The van der Waals surface area contributed by atoms with Crippen molar-refractivity contribution in [2.75, 3.05) is 5.32 Å². The molecule has 122 valence electrons. The summed E-state index contributed by atoms with van der Waals surface area (Å²) in [6, 6.07) is 13.0. The van der Waals surface area contributed by atoms with Crippen LogP contribution in [-0.2, 0) is 6.42 Å². The van der Waals surface area contributed by atoms with Crippen molar-refractivity contribution in [3.8, 4) is 0 Å². The maximum atomic E-state index is 12.3. The average molecular weight is 377 g/mol. The number of nitrogens with zero attached hydrogens (tertiary/aromatic N) is 1. The van der Waals surface area contributed by atoms with Gasteiger partial charge < -0.3 is 0 Å². The number of carbonyl (C=O) groups excluding carboxylic acids is 1. The van der Waals surface area contributed by atoms with E-state index in [1.807, 2.05) is 37.3 Å². The number of amides is 1. The molecule has 1 heterocycles. The van der Waals surface area contributed by atoms with Crippen molar-refractivity contribution in [2.45, 2.75) is 13.3 Å². The zero-order valence-electron chi connectivity index (χ0n) is 12.8. The summed E-state index contributed by atoms with van der Waals surface area (Å²) in [6.45, 7) is 1.91. The normalized spacial score (nSPS) is 10.6. The number of anilines is 1. The molecule has 1 amide bonds. The third kappa shape index (κ3) is 3.96. The molecule has 0 unspecified atom stereocenters. The summed E-state index contributed by atoms with van der Waals surface area (Å²) in [4.78, 5) is 17.6. The number of benzene rings is 2. The van der Waals surface area contributed by atoms with Gasteiger partial charge in [0.1, 0.15) is 0 Å². The highest BCUT2D eigenvalue weighted by atomic mass is 35.5. The van der Waals surface area contributed by atoms with E-state index in [4.69, 9.17) is 23.2 Å². The van der Waals surface area contributed by atoms with E-state index in [1.54, 1.807) is 18.3 Å². The second-order valence-electron chi connectivity index (χ2n) is 5.33. The van der Waals surface area contributed by atoms with E-state index < -0.39 is 0 Å². The van der Waals surface area contributed by atoms with Crippen LogP contribution < -0.4 is 5.32 Å². The number of carbonyl (C=O) groups is 1. The Bertz CT molecular complexity index is 892. The van der Waals surface area contributed by atoms with E-state index in [2.05, 4.69) is 10.3 Å². The standard InChI is InChI=1S/C18H14Cl2N2OS/c1-11-4-2-3-5-14(11)17(23)22-18-21-10-13(24-18)8-12-6-7-15(19)16(20)9-12/h2-7,9-10H,8H2,1H3,(H,21,22,23). The van der Waals surface area contributed by atoms with E-state index in [1.165, 1.54) is 11.3 Å². The number of aryl methyl sites for hydroxylation is 1. The number of hydrogen-bond donors (Lipinski definition) is 1. The Morgan fingerprint density at radius 1 is 1.17 bits per heavy atom. The Kier molecular flexibility index (Phi) is 5.19. The first-order valence-electron chi connectivity index (χ1n) is 7.28. The summed E-state index contributed by atoms with van der Waals surface area (Å²) in [5.41, 5.74) is 2.63. The van der Waals surface area contributed by atoms with Gasteiger partial charge >= 0.3 is 0 Å². The summed E-state index contributed by atoms with van der Waals surface area (Å²) in [6.07, 6.45) is 2.45. The van der Waals surface area contributed by atoms with Crippen molar-refractivity contribution in [1.82, 2.24) is 4.98 Å². The van der Waals surface area contributed by atoms with Crippen molar-refractivity contribution in [2.24, 2.45) is 0 Å². The number of thiazole rings is 1. The highest BCUT2D eigenvalue weighted by Crippen LogP contribution is 2.26. The summed E-state index contributed by atoms with van der Waals surface area (Å²) in [5, 5.41) is 4.50. The molecule has 0 bridgehead atoms. The van der Waals surface area contributed by atoms with Crippen LogP contribution in [0.5, 0.6) is 0 Å². The quantitative estimate of drug-likeness (QED) is 0.643. The third-order valence-electron chi connectivity index (χ3n) is 3.53. The number of aromatic nitrogens is 1. The van der Waals surface area contributed by atoms with E-state index in [-0.39, 0.29) is 5.91 Å². The van der Waals surface area contributed by atoms with Crippen LogP contribution in [0.4, 0.5) is 5.13 Å². The predicted molar refractivity (Wildman–Crippen MR) is 101 cm³/mol. The maximum Gasteiger partial charge on any atom is 0.257 e. The lowest BCUT2D eigenvalue weighted by molar-refractivity contribution is 0.102. The van der Waals surface area contributed by atoms with E-state index in [9.17, 15) is 4.79 Å². The van der Waals surface area contributed by atoms with Gasteiger partial charge in [0.2, 0.25) is 0 Å². The third-order valence-corrected chi connectivity index (χ3v) is 5.18. The molecule has 0 aliphatic carbocycles. The minimum atomic E-state index is -0.150. The van der Waals surface area contributed by atoms with Crippen molar-refractivity contribution < 1.29 is 4.79 Å². The molecule has 3 aromatic rings. The molecule has 0 atom stereocenters. The van der Waals surface area contributed by atoms with Gasteiger partial charge in [-0.2, -0.15) is 0 Å². The van der Waals surface area contributed by atoms with Crippen molar-refractivity contribution >= 4 is 45.6 Å². The van der Waals surface area contributed by atoms with Crippen LogP contribution in [0.1, 0.15) is 26.4 Å². The summed E-state index contributed by atoms with van der Waals surface area (Å²) < 4.78 is 0. The van der Waals surface area contributed by atoms with Crippen LogP contribution in [0.2, 0.25) is 10.0 Å². The zero-order chi connectivity index (χ0) is 17.1. The molecule has 24 heavy (non-hydrogen) atoms. The molecular weight excluding hydrogens is 363 g/mol. The molecular formula is C18H14Cl2N2OS. The SMILES string of the molecule is Cc1ccccc1C(=O)Nc1ncc(Cc2ccc(Cl)c(Cl)c2)s1. The Balaban J connectivity index is 1.70. The lowest BCUT2D eigenvalue weighted by Gasteiger charge is -2.04. The van der Waals surface area contributed by atoms with Gasteiger partial charge in [0.25, 0.3) is 5.91 Å². The maximum absolute atomic E-state index is 12.3. The lowest BCUT2D eigenvalue weighted by atomic mass is 10.1. The molecule has 1 aromatic heterocycles. The summed E-state index contributed by atoms with van der Waals surface area (Å²) in [7, 11) is 0. The molecule has 1 N–H and O–H groups in total. The predicted octanol–water partition coefficient (Wildman–Crippen LogP) is 5.60. The average Bonchev–Trinajstić information content (AvgIpc) is 2.98. The fourth-order valence-electron chi connectivity index (χ4n) is 2.29. The molecule has 2 aromatic carbocycles. The van der Waals surface area contributed by atoms with Gasteiger partial charge in [-0.3, -0.25) is 10.1 Å². The van der Waals surface area contributed by atoms with E-state index >= 15 is 0 Å². The van der Waals surface area contributed by atoms with Crippen LogP contribution in [-0.4, -0.2) is 10.9 Å². The molecule has 0 radical (unpaired) electrons. The number of nitrogens with one attached hydrogen (secondary N) is 1. The molecule has 0 fully saturated rings. The van der Waals surface area contributed by atoms with Crippen molar-refractivity contribution in [1.29, 1.82) is 0 Å². The fourth-order valence-corrected chi connectivity index (χ4v) is 3.45. The highest BCUT2D eigenvalue weighted by Gasteiger charge is 2.11. The molecule has 3 rings (SSSR count). The van der Waals surface area contributed by atoms with Crippen LogP contribution in [0, 0.1) is 6.92 Å². The molecule has 0 aliphatic heterocycles. The first kappa shape index (κ1) is 17.0. The first-order valence-corrected chi connectivity index (χ1v) is 8.86. The van der Waals surface area contributed by atoms with Gasteiger partial charge in [0, 0.05) is 23.1 Å². The highest BCUT2D eigenvalue weighted by molar-refractivity contribution is 7.15. The monoisotopic (exact) mass is 376 g/mol. The fraction of sp³-hybridized carbons (Fsp3) is 0.111. The smallest absolute Gasteiger partial charge is 0.257 e. The molecule has 0 aliphatic rings. The second-order valence-corrected chi connectivity index (χ2v) is 7.26. The summed E-state index contributed by atoms with van der Waals surface area (Å²) >= 11 is 13.4. The van der Waals surface area contributed by atoms with E-state index in [0.29, 0.717) is 27.2 Å². The van der Waals surface area contributed by atoms with Gasteiger partial charge in [-0.15, -0.1) is 11.3 Å². The molecule has 6 heteroatoms. The van der Waals surface area contributed by atoms with Crippen LogP contribution in [0.25, 0.3) is 0 Å². The van der Waals surface area contributed by atoms with E-state index in [0.717, 1.165) is 16.0 Å². The molecule has 0 saturated carbocycles. The molecule has 0 saturated heterocycles. The minimum absolute atomic E-state index is 0.150. The van der Waals surface area contributed by atoms with Gasteiger partial charge in [0.05, 0.1) is 10.0 Å². The number of halogens is 2. The number of hydrogen-bond acceptors (Lipinski definition) is 3. The number of rotatable bonds is 4. The Hall–Kier alpha value is -1.88. The first-order chi connectivity index (χ1) is 11.5. The van der Waals surface area contributed by atoms with Gasteiger partial charge in [0.15, 0.2) is 5.13 Å². The van der Waals surface area contributed by atoms with Gasteiger partial charge in [-0.1, -0.05) is 47.5 Å². The molecule has 0 spiro atoms. The Labute approximate surface area is 154 Å². The van der Waals surface area contributed by atoms with Gasteiger partial charge in [-0.05, 0) is 36.2 Å². The second kappa shape index (κ2) is 7.34. The summed E-state index contributed by atoms with van der Waals surface area (Å²) in [5.74, 6) is -0.150. The van der Waals surface area contributed by atoms with Crippen LogP contribution >= 0.6 is 34.5 Å². The molecule has 3 nitrogen and oxygen atoms in total. The van der Waals surface area contributed by atoms with Crippen molar-refractivity contribution in [3.05, 3.63) is 80.3 Å².